The number of carbonyl (C=O) groups is 2. The predicted octanol–water partition coefficient (Wildman–Crippen LogP) is 2.71. The molecule has 3 aromatic heterocycles. The first-order chi connectivity index (χ1) is 16.3. The van der Waals surface area contributed by atoms with Crippen molar-refractivity contribution in [3.63, 3.8) is 0 Å². The van der Waals surface area contributed by atoms with Gasteiger partial charge in [-0.15, -0.1) is 22.7 Å². The van der Waals surface area contributed by atoms with Crippen molar-refractivity contribution >= 4 is 40.2 Å². The third kappa shape index (κ3) is 4.47. The Morgan fingerprint density at radius 3 is 2.53 bits per heavy atom. The molecule has 0 unspecified atom stereocenters. The molecule has 34 heavy (non-hydrogen) atoms. The van der Waals surface area contributed by atoms with Crippen LogP contribution in [0.25, 0.3) is 9.88 Å². The summed E-state index contributed by atoms with van der Waals surface area (Å²) in [4.78, 5) is 56.3. The van der Waals surface area contributed by atoms with Crippen molar-refractivity contribution in [1.29, 1.82) is 0 Å². The lowest BCUT2D eigenvalue weighted by atomic mass is 10.2. The van der Waals surface area contributed by atoms with E-state index in [2.05, 4.69) is 4.98 Å². The normalized spacial score (nSPS) is 10.9. The minimum absolute atomic E-state index is 0.0747. The van der Waals surface area contributed by atoms with E-state index in [0.29, 0.717) is 10.7 Å². The Kier molecular flexibility index (Phi) is 6.57. The molecule has 0 bridgehead atoms. The molecule has 2 N–H and O–H groups in total. The molecule has 4 rings (SSSR count). The van der Waals surface area contributed by atoms with Crippen molar-refractivity contribution in [1.82, 2.24) is 14.1 Å². The molecule has 0 fully saturated rings. The van der Waals surface area contributed by atoms with E-state index in [9.17, 15) is 19.2 Å². The van der Waals surface area contributed by atoms with Crippen molar-refractivity contribution in [2.45, 2.75) is 13.5 Å². The monoisotopic (exact) mass is 496 g/mol. The van der Waals surface area contributed by atoms with Gasteiger partial charge < -0.3 is 10.5 Å². The van der Waals surface area contributed by atoms with Gasteiger partial charge in [0.05, 0.1) is 17.1 Å². The number of rotatable bonds is 7. The number of ether oxygens (including phenoxy) is 1. The first kappa shape index (κ1) is 23.3. The van der Waals surface area contributed by atoms with Gasteiger partial charge in [0.15, 0.2) is 6.61 Å². The number of nitrogen functional groups attached to an aromatic ring is 1. The number of ketones is 1. The third-order valence-electron chi connectivity index (χ3n) is 5.09. The average molecular weight is 497 g/mol. The molecule has 0 aliphatic carbocycles. The summed E-state index contributed by atoms with van der Waals surface area (Å²) in [5.41, 5.74) is 5.44. The largest absolute Gasteiger partial charge is 0.453 e. The topological polar surface area (TPSA) is 126 Å². The van der Waals surface area contributed by atoms with Gasteiger partial charge in [0, 0.05) is 7.05 Å². The maximum atomic E-state index is 12.9. The summed E-state index contributed by atoms with van der Waals surface area (Å²) in [5, 5.41) is 2.59. The van der Waals surface area contributed by atoms with Gasteiger partial charge in [-0.3, -0.25) is 18.7 Å². The quantitative estimate of drug-likeness (QED) is 0.308. The van der Waals surface area contributed by atoms with Gasteiger partial charge in [0.2, 0.25) is 5.78 Å². The molecule has 0 saturated heterocycles. The first-order valence-electron chi connectivity index (χ1n) is 10.1. The van der Waals surface area contributed by atoms with Crippen LogP contribution >= 0.6 is 22.7 Å². The van der Waals surface area contributed by atoms with Crippen LogP contribution in [0.15, 0.2) is 57.4 Å². The molecule has 0 aliphatic rings. The second kappa shape index (κ2) is 9.57. The number of hydrogen-bond donors (Lipinski definition) is 1. The van der Waals surface area contributed by atoms with Crippen molar-refractivity contribution in [3.05, 3.63) is 90.4 Å². The molecular formula is C23H20N4O5S2. The average Bonchev–Trinajstić information content (AvgIpc) is 3.49. The lowest BCUT2D eigenvalue weighted by Gasteiger charge is -2.14. The van der Waals surface area contributed by atoms with Crippen LogP contribution in [0.1, 0.15) is 31.3 Å². The van der Waals surface area contributed by atoms with E-state index in [1.54, 1.807) is 31.2 Å². The van der Waals surface area contributed by atoms with Crippen molar-refractivity contribution in [3.8, 4) is 9.88 Å². The van der Waals surface area contributed by atoms with Crippen LogP contribution < -0.4 is 17.0 Å². The SMILES string of the molecule is Cc1nc(-c2cccs2)sc1C(=O)OCC(=O)c1c(N)n(Cc2ccccc2)c(=O)n(C)c1=O. The number of esters is 1. The highest BCUT2D eigenvalue weighted by Gasteiger charge is 2.24. The molecule has 0 amide bonds. The summed E-state index contributed by atoms with van der Waals surface area (Å²) in [5.74, 6) is -1.79. The van der Waals surface area contributed by atoms with Gasteiger partial charge in [-0.2, -0.15) is 0 Å². The fraction of sp³-hybridized carbons (Fsp3) is 0.174. The molecule has 4 aromatic rings. The first-order valence-corrected chi connectivity index (χ1v) is 11.8. The van der Waals surface area contributed by atoms with E-state index >= 15 is 0 Å². The molecule has 1 aromatic carbocycles. The number of anilines is 1. The highest BCUT2D eigenvalue weighted by atomic mass is 32.1. The van der Waals surface area contributed by atoms with E-state index in [-0.39, 0.29) is 17.2 Å². The number of hydrogen-bond acceptors (Lipinski definition) is 9. The number of thiophene rings is 1. The van der Waals surface area contributed by atoms with E-state index in [0.717, 1.165) is 30.9 Å². The van der Waals surface area contributed by atoms with E-state index in [4.69, 9.17) is 10.5 Å². The lowest BCUT2D eigenvalue weighted by molar-refractivity contribution is 0.0478. The van der Waals surface area contributed by atoms with Gasteiger partial charge in [-0.05, 0) is 23.9 Å². The molecular weight excluding hydrogens is 476 g/mol. The Morgan fingerprint density at radius 1 is 1.12 bits per heavy atom. The number of carbonyl (C=O) groups excluding carboxylic acids is 2. The summed E-state index contributed by atoms with van der Waals surface area (Å²) in [7, 11) is 1.27. The van der Waals surface area contributed by atoms with Crippen LogP contribution in [0, 0.1) is 6.92 Å². The van der Waals surface area contributed by atoms with Crippen LogP contribution in [0.2, 0.25) is 0 Å². The molecule has 9 nitrogen and oxygen atoms in total. The Bertz CT molecular complexity index is 1480. The summed E-state index contributed by atoms with van der Waals surface area (Å²) >= 11 is 2.66. The maximum Gasteiger partial charge on any atom is 0.350 e. The molecule has 0 spiro atoms. The second-order valence-electron chi connectivity index (χ2n) is 7.39. The molecule has 0 aliphatic heterocycles. The molecule has 174 valence electrons. The zero-order valence-electron chi connectivity index (χ0n) is 18.3. The number of aryl methyl sites for hydroxylation is 1. The highest BCUT2D eigenvalue weighted by molar-refractivity contribution is 7.22. The van der Waals surface area contributed by atoms with Crippen LogP contribution in [0.4, 0.5) is 5.82 Å². The summed E-state index contributed by atoms with van der Waals surface area (Å²) in [6.45, 7) is 1.05. The van der Waals surface area contributed by atoms with Crippen LogP contribution in [-0.4, -0.2) is 32.5 Å². The van der Waals surface area contributed by atoms with Gasteiger partial charge in [-0.1, -0.05) is 36.4 Å². The smallest absolute Gasteiger partial charge is 0.350 e. The summed E-state index contributed by atoms with van der Waals surface area (Å²) in [6.07, 6.45) is 0. The van der Waals surface area contributed by atoms with Crippen molar-refractivity contribution in [2.75, 3.05) is 12.3 Å². The molecule has 0 radical (unpaired) electrons. The van der Waals surface area contributed by atoms with E-state index < -0.39 is 35.2 Å². The number of thiazole rings is 1. The number of nitrogens with zero attached hydrogens (tertiary/aromatic N) is 3. The summed E-state index contributed by atoms with van der Waals surface area (Å²) in [6, 6.07) is 12.8. The second-order valence-corrected chi connectivity index (χ2v) is 9.34. The fourth-order valence-electron chi connectivity index (χ4n) is 3.32. The van der Waals surface area contributed by atoms with Gasteiger partial charge in [0.25, 0.3) is 5.56 Å². The molecule has 3 heterocycles. The number of benzene rings is 1. The number of aromatic nitrogens is 3. The molecule has 0 atom stereocenters. The van der Waals surface area contributed by atoms with Gasteiger partial charge in [0.1, 0.15) is 21.3 Å². The minimum atomic E-state index is -0.846. The van der Waals surface area contributed by atoms with Crippen LogP contribution in [0.5, 0.6) is 0 Å². The third-order valence-corrected chi connectivity index (χ3v) is 7.27. The van der Waals surface area contributed by atoms with Gasteiger partial charge >= 0.3 is 11.7 Å². The van der Waals surface area contributed by atoms with Crippen molar-refractivity contribution < 1.29 is 14.3 Å². The summed E-state index contributed by atoms with van der Waals surface area (Å²) < 4.78 is 7.15. The standard InChI is InChI=1S/C23H20N4O5S2/c1-13-18(34-20(25-13)16-9-6-10-33-16)22(30)32-12-15(28)17-19(24)27(23(31)26(2)21(17)29)11-14-7-4-3-5-8-14/h3-10H,11-12,24H2,1-2H3. The maximum absolute atomic E-state index is 12.9. The lowest BCUT2D eigenvalue weighted by Crippen LogP contribution is -2.43. The molecule has 0 saturated carbocycles. The van der Waals surface area contributed by atoms with E-state index in [1.807, 2.05) is 23.6 Å². The van der Waals surface area contributed by atoms with Crippen LogP contribution in [0.3, 0.4) is 0 Å². The Hall–Kier alpha value is -3.83. The van der Waals surface area contributed by atoms with E-state index in [1.165, 1.54) is 18.4 Å². The van der Waals surface area contributed by atoms with Crippen molar-refractivity contribution in [2.24, 2.45) is 7.05 Å². The predicted molar refractivity (Wildman–Crippen MR) is 131 cm³/mol. The zero-order valence-corrected chi connectivity index (χ0v) is 19.9. The Morgan fingerprint density at radius 2 is 1.85 bits per heavy atom. The highest BCUT2D eigenvalue weighted by Crippen LogP contribution is 2.31. The Labute approximate surface area is 201 Å². The number of Topliss-reactive ketones (excluding diaryl/α,β-unsaturated/α-hetero) is 1. The van der Waals surface area contributed by atoms with Crippen LogP contribution in [-0.2, 0) is 18.3 Å². The number of nitrogens with two attached hydrogens (primary N) is 1. The Balaban J connectivity index is 1.57. The zero-order chi connectivity index (χ0) is 24.4. The fourth-order valence-corrected chi connectivity index (χ4v) is 5.08. The molecule has 11 heteroatoms. The van der Waals surface area contributed by atoms with Gasteiger partial charge in [-0.25, -0.2) is 14.6 Å². The minimum Gasteiger partial charge on any atom is -0.453 e.